The first-order valence-corrected chi connectivity index (χ1v) is 6.13. The molecule has 2 aromatic rings. The summed E-state index contributed by atoms with van der Waals surface area (Å²) in [6, 6.07) is 9.42. The van der Waals surface area contributed by atoms with Gasteiger partial charge in [0.1, 0.15) is 5.82 Å². The van der Waals surface area contributed by atoms with Crippen molar-refractivity contribution in [3.05, 3.63) is 42.2 Å². The van der Waals surface area contributed by atoms with Crippen LogP contribution in [0.1, 0.15) is 18.4 Å². The Labute approximate surface area is 101 Å². The van der Waals surface area contributed by atoms with Gasteiger partial charge in [0, 0.05) is 37.6 Å². The Kier molecular flexibility index (Phi) is 2.69. The standard InChI is InChI=1S/C14H17N3/c1-17-9-8-15-14(17)12-4-2-11(3-5-12)10-16-13-6-7-13/h2-5,8-9,13,16H,6-7,10H2,1H3. The smallest absolute Gasteiger partial charge is 0.139 e. The van der Waals surface area contributed by atoms with Crippen LogP contribution in [0.15, 0.2) is 36.7 Å². The molecular formula is C14H17N3. The Morgan fingerprint density at radius 2 is 2.06 bits per heavy atom. The lowest BCUT2D eigenvalue weighted by molar-refractivity contribution is 0.688. The molecule has 3 nitrogen and oxygen atoms in total. The number of imidazole rings is 1. The van der Waals surface area contributed by atoms with Crippen molar-refractivity contribution in [1.29, 1.82) is 0 Å². The highest BCUT2D eigenvalue weighted by molar-refractivity contribution is 5.55. The molecule has 1 aromatic heterocycles. The van der Waals surface area contributed by atoms with E-state index >= 15 is 0 Å². The van der Waals surface area contributed by atoms with Gasteiger partial charge in [-0.05, 0) is 18.4 Å². The van der Waals surface area contributed by atoms with Crippen LogP contribution in [0.3, 0.4) is 0 Å². The van der Waals surface area contributed by atoms with Gasteiger partial charge in [0.25, 0.3) is 0 Å². The zero-order valence-electron chi connectivity index (χ0n) is 10.1. The fourth-order valence-electron chi connectivity index (χ4n) is 1.97. The van der Waals surface area contributed by atoms with Crippen molar-refractivity contribution in [1.82, 2.24) is 14.9 Å². The lowest BCUT2D eigenvalue weighted by Crippen LogP contribution is -2.15. The normalized spacial score (nSPS) is 15.1. The van der Waals surface area contributed by atoms with Crippen LogP contribution < -0.4 is 5.32 Å². The Morgan fingerprint density at radius 3 is 2.65 bits per heavy atom. The van der Waals surface area contributed by atoms with Gasteiger partial charge >= 0.3 is 0 Å². The molecule has 3 rings (SSSR count). The third-order valence-electron chi connectivity index (χ3n) is 3.21. The van der Waals surface area contributed by atoms with Crippen molar-refractivity contribution in [2.24, 2.45) is 7.05 Å². The topological polar surface area (TPSA) is 29.9 Å². The van der Waals surface area contributed by atoms with E-state index in [1.807, 2.05) is 24.0 Å². The van der Waals surface area contributed by atoms with Crippen LogP contribution in [0.5, 0.6) is 0 Å². The monoisotopic (exact) mass is 227 g/mol. The van der Waals surface area contributed by atoms with E-state index in [1.165, 1.54) is 24.0 Å². The number of nitrogens with zero attached hydrogens (tertiary/aromatic N) is 2. The van der Waals surface area contributed by atoms with Crippen LogP contribution in [-0.4, -0.2) is 15.6 Å². The summed E-state index contributed by atoms with van der Waals surface area (Å²) in [4.78, 5) is 4.35. The third kappa shape index (κ3) is 2.39. The first-order valence-electron chi connectivity index (χ1n) is 6.13. The predicted octanol–water partition coefficient (Wildman–Crippen LogP) is 2.34. The van der Waals surface area contributed by atoms with Gasteiger partial charge in [0.05, 0.1) is 0 Å². The largest absolute Gasteiger partial charge is 0.334 e. The zero-order chi connectivity index (χ0) is 11.7. The highest BCUT2D eigenvalue weighted by Crippen LogP contribution is 2.20. The molecule has 0 unspecified atom stereocenters. The summed E-state index contributed by atoms with van der Waals surface area (Å²) in [5.41, 5.74) is 2.52. The Balaban J connectivity index is 1.72. The van der Waals surface area contributed by atoms with Gasteiger partial charge in [-0.25, -0.2) is 4.98 Å². The molecule has 0 saturated heterocycles. The average molecular weight is 227 g/mol. The van der Waals surface area contributed by atoms with E-state index in [0.29, 0.717) is 0 Å². The first-order chi connectivity index (χ1) is 8.33. The van der Waals surface area contributed by atoms with E-state index in [2.05, 4.69) is 34.6 Å². The molecule has 1 fully saturated rings. The first kappa shape index (κ1) is 10.5. The van der Waals surface area contributed by atoms with Crippen molar-refractivity contribution < 1.29 is 0 Å². The highest BCUT2D eigenvalue weighted by atomic mass is 15.0. The molecule has 88 valence electrons. The maximum atomic E-state index is 4.35. The van der Waals surface area contributed by atoms with Crippen LogP contribution in [0.2, 0.25) is 0 Å². The second kappa shape index (κ2) is 4.34. The highest BCUT2D eigenvalue weighted by Gasteiger charge is 2.19. The Morgan fingerprint density at radius 1 is 1.29 bits per heavy atom. The van der Waals surface area contributed by atoms with Crippen LogP contribution in [0.4, 0.5) is 0 Å². The molecule has 1 aliphatic rings. The van der Waals surface area contributed by atoms with E-state index in [0.717, 1.165) is 18.4 Å². The fraction of sp³-hybridized carbons (Fsp3) is 0.357. The summed E-state index contributed by atoms with van der Waals surface area (Å²) in [6.45, 7) is 0.978. The second-order valence-corrected chi connectivity index (χ2v) is 4.71. The minimum atomic E-state index is 0.768. The lowest BCUT2D eigenvalue weighted by Gasteiger charge is -2.05. The van der Waals surface area contributed by atoms with Crippen LogP contribution in [0, 0.1) is 0 Å². The molecule has 0 amide bonds. The number of aromatic nitrogens is 2. The molecule has 3 heteroatoms. The SMILES string of the molecule is Cn1ccnc1-c1ccc(CNC2CC2)cc1. The maximum absolute atomic E-state index is 4.35. The number of hydrogen-bond donors (Lipinski definition) is 1. The van der Waals surface area contributed by atoms with Crippen LogP contribution in [0.25, 0.3) is 11.4 Å². The Bertz CT molecular complexity index is 494. The quantitative estimate of drug-likeness (QED) is 0.869. The van der Waals surface area contributed by atoms with Crippen molar-refractivity contribution in [2.75, 3.05) is 0 Å². The summed E-state index contributed by atoms with van der Waals surface area (Å²) in [7, 11) is 2.02. The molecule has 0 atom stereocenters. The molecular weight excluding hydrogens is 210 g/mol. The number of nitrogens with one attached hydrogen (secondary N) is 1. The minimum absolute atomic E-state index is 0.768. The molecule has 0 bridgehead atoms. The van der Waals surface area contributed by atoms with Crippen LogP contribution in [-0.2, 0) is 13.6 Å². The van der Waals surface area contributed by atoms with Gasteiger partial charge in [-0.1, -0.05) is 24.3 Å². The molecule has 1 heterocycles. The molecule has 0 spiro atoms. The number of aryl methyl sites for hydroxylation is 1. The molecule has 17 heavy (non-hydrogen) atoms. The zero-order valence-corrected chi connectivity index (χ0v) is 10.1. The van der Waals surface area contributed by atoms with Crippen molar-refractivity contribution >= 4 is 0 Å². The van der Waals surface area contributed by atoms with Crippen molar-refractivity contribution in [3.63, 3.8) is 0 Å². The van der Waals surface area contributed by atoms with Crippen LogP contribution >= 0.6 is 0 Å². The summed E-state index contributed by atoms with van der Waals surface area (Å²) >= 11 is 0. The fourth-order valence-corrected chi connectivity index (χ4v) is 1.97. The van der Waals surface area contributed by atoms with E-state index in [1.54, 1.807) is 0 Å². The van der Waals surface area contributed by atoms with E-state index in [4.69, 9.17) is 0 Å². The van der Waals surface area contributed by atoms with Crippen molar-refractivity contribution in [2.45, 2.75) is 25.4 Å². The molecule has 1 N–H and O–H groups in total. The molecule has 0 radical (unpaired) electrons. The van der Waals surface area contributed by atoms with Gasteiger partial charge in [0.15, 0.2) is 0 Å². The average Bonchev–Trinajstić information content (AvgIpc) is 3.09. The predicted molar refractivity (Wildman–Crippen MR) is 68.5 cm³/mol. The summed E-state index contributed by atoms with van der Waals surface area (Å²) in [6.07, 6.45) is 6.48. The molecule has 1 aromatic carbocycles. The van der Waals surface area contributed by atoms with E-state index < -0.39 is 0 Å². The second-order valence-electron chi connectivity index (χ2n) is 4.71. The number of benzene rings is 1. The van der Waals surface area contributed by atoms with Gasteiger partial charge in [-0.3, -0.25) is 0 Å². The summed E-state index contributed by atoms with van der Waals surface area (Å²) < 4.78 is 2.04. The van der Waals surface area contributed by atoms with E-state index in [-0.39, 0.29) is 0 Å². The summed E-state index contributed by atoms with van der Waals surface area (Å²) in [5.74, 6) is 1.02. The number of rotatable bonds is 4. The van der Waals surface area contributed by atoms with Gasteiger partial charge in [-0.15, -0.1) is 0 Å². The minimum Gasteiger partial charge on any atom is -0.334 e. The molecule has 1 saturated carbocycles. The summed E-state index contributed by atoms with van der Waals surface area (Å²) in [5, 5.41) is 3.52. The lowest BCUT2D eigenvalue weighted by atomic mass is 10.1. The van der Waals surface area contributed by atoms with Gasteiger partial charge < -0.3 is 9.88 Å². The molecule has 1 aliphatic carbocycles. The van der Waals surface area contributed by atoms with E-state index in [9.17, 15) is 0 Å². The van der Waals surface area contributed by atoms with Crippen molar-refractivity contribution in [3.8, 4) is 11.4 Å². The third-order valence-corrected chi connectivity index (χ3v) is 3.21. The Hall–Kier alpha value is -1.61. The maximum Gasteiger partial charge on any atom is 0.139 e. The van der Waals surface area contributed by atoms with Gasteiger partial charge in [-0.2, -0.15) is 0 Å². The number of hydrogen-bond acceptors (Lipinski definition) is 2. The molecule has 0 aliphatic heterocycles. The van der Waals surface area contributed by atoms with Gasteiger partial charge in [0.2, 0.25) is 0 Å².